The number of nitrogens with zero attached hydrogens (tertiary/aromatic N) is 2. The lowest BCUT2D eigenvalue weighted by molar-refractivity contribution is 0.0951. The fraction of sp³-hybridized carbons (Fsp3) is 0.125. The van der Waals surface area contributed by atoms with Gasteiger partial charge in [-0.15, -0.1) is 0 Å². The van der Waals surface area contributed by atoms with Gasteiger partial charge < -0.3 is 9.47 Å². The van der Waals surface area contributed by atoms with E-state index in [1.807, 2.05) is 19.1 Å². The SMILES string of the molecule is CCOc1cc(/C=N\NC(=O)c2ccc(C#N)cc2F)cc(I)c1OCc1ccc(Cl)c(Cl)c1. The third-order valence-electron chi connectivity index (χ3n) is 4.42. The van der Waals surface area contributed by atoms with Crippen LogP contribution in [0.1, 0.15) is 34.0 Å². The van der Waals surface area contributed by atoms with Crippen LogP contribution in [0.2, 0.25) is 10.0 Å². The van der Waals surface area contributed by atoms with Crippen LogP contribution in [0.3, 0.4) is 0 Å². The van der Waals surface area contributed by atoms with Crippen molar-refractivity contribution in [1.29, 1.82) is 5.26 Å². The van der Waals surface area contributed by atoms with E-state index in [1.165, 1.54) is 18.3 Å². The number of carbonyl (C=O) groups excluding carboxylic acids is 1. The molecule has 0 fully saturated rings. The van der Waals surface area contributed by atoms with Crippen molar-refractivity contribution in [1.82, 2.24) is 5.43 Å². The summed E-state index contributed by atoms with van der Waals surface area (Å²) < 4.78 is 26.5. The summed E-state index contributed by atoms with van der Waals surface area (Å²) in [7, 11) is 0. The van der Waals surface area contributed by atoms with Crippen molar-refractivity contribution in [2.75, 3.05) is 6.61 Å². The number of nitriles is 1. The minimum Gasteiger partial charge on any atom is -0.490 e. The summed E-state index contributed by atoms with van der Waals surface area (Å²) in [6, 6.07) is 14.2. The minimum absolute atomic E-state index is 0.122. The minimum atomic E-state index is -0.802. The molecule has 0 spiro atoms. The molecule has 0 atom stereocenters. The smallest absolute Gasteiger partial charge is 0.274 e. The van der Waals surface area contributed by atoms with E-state index in [-0.39, 0.29) is 17.7 Å². The molecule has 3 aromatic rings. The lowest BCUT2D eigenvalue weighted by Crippen LogP contribution is -2.19. The van der Waals surface area contributed by atoms with Crippen LogP contribution in [0.5, 0.6) is 11.5 Å². The van der Waals surface area contributed by atoms with Crippen molar-refractivity contribution >= 4 is 57.9 Å². The molecule has 0 aromatic heterocycles. The van der Waals surface area contributed by atoms with Crippen molar-refractivity contribution < 1.29 is 18.7 Å². The first kappa shape index (κ1) is 25.7. The summed E-state index contributed by atoms with van der Waals surface area (Å²) in [5, 5.41) is 13.6. The van der Waals surface area contributed by atoms with Crippen molar-refractivity contribution in [2.24, 2.45) is 5.10 Å². The van der Waals surface area contributed by atoms with Crippen LogP contribution in [0.15, 0.2) is 53.6 Å². The summed E-state index contributed by atoms with van der Waals surface area (Å²) in [5.74, 6) is -0.488. The Balaban J connectivity index is 1.73. The molecule has 0 radical (unpaired) electrons. The van der Waals surface area contributed by atoms with Crippen molar-refractivity contribution in [2.45, 2.75) is 13.5 Å². The maximum absolute atomic E-state index is 14.0. The highest BCUT2D eigenvalue weighted by atomic mass is 127. The molecule has 0 aliphatic heterocycles. The summed E-state index contributed by atoms with van der Waals surface area (Å²) >= 11 is 14.1. The van der Waals surface area contributed by atoms with E-state index in [0.717, 1.165) is 15.2 Å². The van der Waals surface area contributed by atoms with Gasteiger partial charge in [-0.2, -0.15) is 10.4 Å². The van der Waals surface area contributed by atoms with Crippen LogP contribution < -0.4 is 14.9 Å². The quantitative estimate of drug-likeness (QED) is 0.183. The lowest BCUT2D eigenvalue weighted by atomic mass is 10.1. The number of hydrogen-bond donors (Lipinski definition) is 1. The highest BCUT2D eigenvalue weighted by Crippen LogP contribution is 2.35. The van der Waals surface area contributed by atoms with E-state index in [9.17, 15) is 9.18 Å². The summed E-state index contributed by atoms with van der Waals surface area (Å²) in [5.41, 5.74) is 3.66. The Morgan fingerprint density at radius 1 is 1.18 bits per heavy atom. The van der Waals surface area contributed by atoms with E-state index >= 15 is 0 Å². The highest BCUT2D eigenvalue weighted by molar-refractivity contribution is 14.1. The molecule has 3 aromatic carbocycles. The maximum atomic E-state index is 14.0. The van der Waals surface area contributed by atoms with Crippen LogP contribution in [-0.4, -0.2) is 18.7 Å². The van der Waals surface area contributed by atoms with E-state index in [4.69, 9.17) is 37.9 Å². The van der Waals surface area contributed by atoms with Crippen LogP contribution in [0.25, 0.3) is 0 Å². The molecule has 1 N–H and O–H groups in total. The number of halogens is 4. The number of benzene rings is 3. The van der Waals surface area contributed by atoms with Crippen LogP contribution in [0, 0.1) is 20.7 Å². The molecular weight excluding hydrogens is 595 g/mol. The first-order valence-corrected chi connectivity index (χ1v) is 11.7. The molecule has 0 bridgehead atoms. The Bertz CT molecular complexity index is 1300. The predicted octanol–water partition coefficient (Wildman–Crippen LogP) is 6.35. The molecule has 0 saturated carbocycles. The second kappa shape index (κ2) is 12.0. The van der Waals surface area contributed by atoms with Crippen LogP contribution in [0.4, 0.5) is 4.39 Å². The zero-order chi connectivity index (χ0) is 24.7. The standard InChI is InChI=1S/C24H17Cl2FIN3O3/c1-2-33-22-10-16(12-30-31-24(32)17-5-3-14(11-29)8-20(17)27)9-21(28)23(22)34-13-15-4-6-18(25)19(26)7-15/h3-10,12H,2,13H2,1H3,(H,31,32)/b30-12-. The molecule has 174 valence electrons. The number of rotatable bonds is 8. The Labute approximate surface area is 219 Å². The lowest BCUT2D eigenvalue weighted by Gasteiger charge is -2.15. The molecule has 34 heavy (non-hydrogen) atoms. The van der Waals surface area contributed by atoms with Gasteiger partial charge in [0.15, 0.2) is 11.5 Å². The topological polar surface area (TPSA) is 83.7 Å². The van der Waals surface area contributed by atoms with Gasteiger partial charge in [-0.3, -0.25) is 4.79 Å². The summed E-state index contributed by atoms with van der Waals surface area (Å²) in [4.78, 5) is 12.2. The first-order chi connectivity index (χ1) is 16.3. The zero-order valence-corrected chi connectivity index (χ0v) is 21.4. The Morgan fingerprint density at radius 3 is 2.65 bits per heavy atom. The summed E-state index contributed by atoms with van der Waals surface area (Å²) in [6.07, 6.45) is 1.41. The largest absolute Gasteiger partial charge is 0.490 e. The van der Waals surface area contributed by atoms with E-state index < -0.39 is 11.7 Å². The first-order valence-electron chi connectivity index (χ1n) is 9.88. The van der Waals surface area contributed by atoms with E-state index in [1.54, 1.807) is 24.3 Å². The fourth-order valence-corrected chi connectivity index (χ4v) is 3.95. The van der Waals surface area contributed by atoms with Crippen molar-refractivity contribution in [3.63, 3.8) is 0 Å². The second-order valence-electron chi connectivity index (χ2n) is 6.81. The van der Waals surface area contributed by atoms with Gasteiger partial charge in [0, 0.05) is 0 Å². The molecule has 0 heterocycles. The zero-order valence-electron chi connectivity index (χ0n) is 17.7. The molecule has 1 amide bonds. The summed E-state index contributed by atoms with van der Waals surface area (Å²) in [6.45, 7) is 2.52. The van der Waals surface area contributed by atoms with Crippen molar-refractivity contribution in [3.05, 3.63) is 90.2 Å². The Hall–Kier alpha value is -2.87. The van der Waals surface area contributed by atoms with Crippen LogP contribution >= 0.6 is 45.8 Å². The molecule has 3 rings (SSSR count). The number of hydrogen-bond acceptors (Lipinski definition) is 5. The average molecular weight is 612 g/mol. The van der Waals surface area contributed by atoms with Gasteiger partial charge >= 0.3 is 0 Å². The van der Waals surface area contributed by atoms with Gasteiger partial charge in [-0.25, -0.2) is 9.82 Å². The van der Waals surface area contributed by atoms with Gasteiger partial charge in [0.05, 0.1) is 43.6 Å². The monoisotopic (exact) mass is 611 g/mol. The highest BCUT2D eigenvalue weighted by Gasteiger charge is 2.14. The van der Waals surface area contributed by atoms with Gasteiger partial charge in [0.25, 0.3) is 5.91 Å². The number of carbonyl (C=O) groups is 1. The van der Waals surface area contributed by atoms with Crippen molar-refractivity contribution in [3.8, 4) is 17.6 Å². The number of amides is 1. The van der Waals surface area contributed by atoms with Gasteiger partial charge in [-0.1, -0.05) is 29.3 Å². The number of hydrazone groups is 1. The number of nitrogens with one attached hydrogen (secondary N) is 1. The average Bonchev–Trinajstić information content (AvgIpc) is 2.80. The third kappa shape index (κ3) is 6.59. The molecule has 10 heteroatoms. The molecule has 0 aliphatic carbocycles. The number of ether oxygens (including phenoxy) is 2. The Kier molecular flexibility index (Phi) is 9.10. The van der Waals surface area contributed by atoms with Crippen LogP contribution in [-0.2, 0) is 6.61 Å². The molecule has 0 saturated heterocycles. The maximum Gasteiger partial charge on any atom is 0.274 e. The Morgan fingerprint density at radius 2 is 1.97 bits per heavy atom. The van der Waals surface area contributed by atoms with Gasteiger partial charge in [0.2, 0.25) is 0 Å². The van der Waals surface area contributed by atoms with E-state index in [0.29, 0.717) is 33.7 Å². The molecule has 0 aliphatic rings. The normalized spacial score (nSPS) is 10.7. The molecule has 6 nitrogen and oxygen atoms in total. The van der Waals surface area contributed by atoms with Gasteiger partial charge in [-0.05, 0) is 83.1 Å². The molecular formula is C24H17Cl2FIN3O3. The third-order valence-corrected chi connectivity index (χ3v) is 5.96. The van der Waals surface area contributed by atoms with Gasteiger partial charge in [0.1, 0.15) is 12.4 Å². The van der Waals surface area contributed by atoms with E-state index in [2.05, 4.69) is 33.1 Å². The molecule has 0 unspecified atom stereocenters. The second-order valence-corrected chi connectivity index (χ2v) is 8.78. The predicted molar refractivity (Wildman–Crippen MR) is 137 cm³/mol. The fourth-order valence-electron chi connectivity index (χ4n) is 2.84.